The molecule has 8 heteroatoms. The topological polar surface area (TPSA) is 90.7 Å². The van der Waals surface area contributed by atoms with Gasteiger partial charge in [-0.2, -0.15) is 9.57 Å². The predicted octanol–water partition coefficient (Wildman–Crippen LogP) is 2.78. The number of benzene rings is 1. The van der Waals surface area contributed by atoms with Gasteiger partial charge in [-0.1, -0.05) is 19.9 Å². The van der Waals surface area contributed by atoms with Crippen molar-refractivity contribution in [1.29, 1.82) is 5.26 Å². The molecule has 7 nitrogen and oxygen atoms in total. The summed E-state index contributed by atoms with van der Waals surface area (Å²) in [6, 6.07) is 7.77. The molecule has 1 aromatic carbocycles. The zero-order chi connectivity index (χ0) is 21.1. The molecule has 1 spiro atoms. The molecule has 0 saturated carbocycles. The fourth-order valence-electron chi connectivity index (χ4n) is 4.46. The van der Waals surface area contributed by atoms with Crippen molar-refractivity contribution in [3.8, 4) is 6.07 Å². The van der Waals surface area contributed by atoms with Crippen LogP contribution in [-0.4, -0.2) is 61.4 Å². The van der Waals surface area contributed by atoms with E-state index in [9.17, 15) is 18.5 Å². The quantitative estimate of drug-likeness (QED) is 0.732. The summed E-state index contributed by atoms with van der Waals surface area (Å²) in [5, 5.41) is 9.87. The van der Waals surface area contributed by atoms with Crippen LogP contribution in [0.25, 0.3) is 0 Å². The summed E-state index contributed by atoms with van der Waals surface area (Å²) in [7, 11) is -3.66. The highest BCUT2D eigenvalue weighted by atomic mass is 32.2. The Morgan fingerprint density at radius 1 is 1.28 bits per heavy atom. The largest absolute Gasteiger partial charge is 0.372 e. The highest BCUT2D eigenvalue weighted by molar-refractivity contribution is 7.89. The third-order valence-corrected chi connectivity index (χ3v) is 8.05. The minimum absolute atomic E-state index is 0.0983. The molecule has 1 amide bonds. The van der Waals surface area contributed by atoms with E-state index in [1.807, 2.05) is 0 Å². The van der Waals surface area contributed by atoms with E-state index in [0.29, 0.717) is 26.2 Å². The summed E-state index contributed by atoms with van der Waals surface area (Å²) in [6.07, 6.45) is 4.26. The number of carbonyl (C=O) groups is 1. The van der Waals surface area contributed by atoms with Crippen LogP contribution >= 0.6 is 0 Å². The van der Waals surface area contributed by atoms with E-state index in [2.05, 4.69) is 6.07 Å². The molecule has 0 bridgehead atoms. The molecule has 0 aliphatic carbocycles. The molecule has 2 aliphatic heterocycles. The summed E-state index contributed by atoms with van der Waals surface area (Å²) in [4.78, 5) is 15.0. The van der Waals surface area contributed by atoms with E-state index in [1.54, 1.807) is 30.9 Å². The average molecular weight is 420 g/mol. The molecule has 0 aromatic heterocycles. The zero-order valence-corrected chi connectivity index (χ0v) is 18.0. The van der Waals surface area contributed by atoms with Gasteiger partial charge in [0.15, 0.2) is 0 Å². The van der Waals surface area contributed by atoms with Crippen LogP contribution in [0.5, 0.6) is 0 Å². The molecular weight excluding hydrogens is 390 g/mol. The van der Waals surface area contributed by atoms with Crippen molar-refractivity contribution in [1.82, 2.24) is 9.21 Å². The second-order valence-corrected chi connectivity index (χ2v) is 9.56. The number of rotatable bonds is 5. The molecule has 2 saturated heterocycles. The van der Waals surface area contributed by atoms with Crippen molar-refractivity contribution in [2.75, 3.05) is 26.2 Å². The number of ether oxygens (including phenoxy) is 1. The van der Waals surface area contributed by atoms with Gasteiger partial charge >= 0.3 is 0 Å². The fraction of sp³-hybridized carbons (Fsp3) is 0.619. The summed E-state index contributed by atoms with van der Waals surface area (Å²) < 4.78 is 33.1. The van der Waals surface area contributed by atoms with Crippen molar-refractivity contribution >= 4 is 15.9 Å². The maximum absolute atomic E-state index is 13.3. The summed E-state index contributed by atoms with van der Waals surface area (Å²) in [5.74, 6) is -0.318. The van der Waals surface area contributed by atoms with Gasteiger partial charge in [0, 0.05) is 31.8 Å². The lowest BCUT2D eigenvalue weighted by Gasteiger charge is -2.48. The van der Waals surface area contributed by atoms with E-state index < -0.39 is 21.7 Å². The van der Waals surface area contributed by atoms with Gasteiger partial charge in [-0.3, -0.25) is 4.79 Å². The zero-order valence-electron chi connectivity index (χ0n) is 17.1. The Kier molecular flexibility index (Phi) is 6.62. The van der Waals surface area contributed by atoms with Gasteiger partial charge in [0.2, 0.25) is 10.0 Å². The summed E-state index contributed by atoms with van der Waals surface area (Å²) >= 11 is 0. The molecule has 2 aliphatic rings. The van der Waals surface area contributed by atoms with Crippen LogP contribution in [0.1, 0.15) is 56.3 Å². The molecule has 158 valence electrons. The number of nitriles is 1. The van der Waals surface area contributed by atoms with Crippen LogP contribution < -0.4 is 0 Å². The lowest BCUT2D eigenvalue weighted by molar-refractivity contribution is -0.128. The number of carbonyl (C=O) groups excluding carboxylic acids is 1. The third-order valence-electron chi connectivity index (χ3n) is 6.00. The molecule has 2 atom stereocenters. The van der Waals surface area contributed by atoms with Crippen molar-refractivity contribution in [3.05, 3.63) is 29.8 Å². The van der Waals surface area contributed by atoms with Crippen molar-refractivity contribution in [3.63, 3.8) is 0 Å². The normalized spacial score (nSPS) is 25.2. The van der Waals surface area contributed by atoms with E-state index in [1.165, 1.54) is 16.4 Å². The van der Waals surface area contributed by atoms with Gasteiger partial charge in [-0.25, -0.2) is 8.42 Å². The Balaban J connectivity index is 1.91. The van der Waals surface area contributed by atoms with E-state index >= 15 is 0 Å². The van der Waals surface area contributed by atoms with Crippen molar-refractivity contribution in [2.45, 2.75) is 62.5 Å². The number of sulfonamides is 1. The van der Waals surface area contributed by atoms with Gasteiger partial charge in [0.05, 0.1) is 11.0 Å². The minimum atomic E-state index is -3.66. The fourth-order valence-corrected chi connectivity index (χ4v) is 5.96. The number of nitrogens with zero attached hydrogens (tertiary/aromatic N) is 3. The summed E-state index contributed by atoms with van der Waals surface area (Å²) in [5.41, 5.74) is -0.322. The van der Waals surface area contributed by atoms with Gasteiger partial charge in [-0.05, 0) is 50.3 Å². The standard InChI is InChI=1S/C21H29N3O4S/c1-3-23(4-2)29(26,27)18-10-7-9-17(15-18)20(25)24-13-8-12-21(19(24)16-22)11-5-6-14-28-21/h7,9-10,15,19H,3-6,8,11-14H2,1-2H3/t19-,21-/m1/s1. The number of hydrogen-bond acceptors (Lipinski definition) is 5. The molecule has 2 heterocycles. The van der Waals surface area contributed by atoms with E-state index in [0.717, 1.165) is 32.1 Å². The smallest absolute Gasteiger partial charge is 0.255 e. The SMILES string of the molecule is CCN(CC)S(=O)(=O)c1cccc(C(=O)N2CCC[C@]3(CCCCO3)[C@H]2C#N)c1. The summed E-state index contributed by atoms with van der Waals surface area (Å²) in [6.45, 7) is 5.36. The molecule has 29 heavy (non-hydrogen) atoms. The van der Waals surface area contributed by atoms with Crippen molar-refractivity contribution < 1.29 is 17.9 Å². The molecule has 1 aromatic rings. The first-order chi connectivity index (χ1) is 13.9. The van der Waals surface area contributed by atoms with E-state index in [4.69, 9.17) is 4.74 Å². The lowest BCUT2D eigenvalue weighted by atomic mass is 9.79. The number of hydrogen-bond donors (Lipinski definition) is 0. The van der Waals surface area contributed by atoms with Crippen molar-refractivity contribution in [2.24, 2.45) is 0 Å². The Bertz CT molecular complexity index is 878. The van der Waals surface area contributed by atoms with Gasteiger partial charge < -0.3 is 9.64 Å². The van der Waals surface area contributed by atoms with Crippen LogP contribution in [0.15, 0.2) is 29.2 Å². The number of amides is 1. The molecule has 2 fully saturated rings. The number of likely N-dealkylation sites (tertiary alicyclic amines) is 1. The maximum atomic E-state index is 13.3. The number of piperidine rings is 1. The van der Waals surface area contributed by atoms with Gasteiger partial charge in [0.1, 0.15) is 11.6 Å². The highest BCUT2D eigenvalue weighted by Gasteiger charge is 2.48. The van der Waals surface area contributed by atoms with Crippen LogP contribution in [-0.2, 0) is 14.8 Å². The third kappa shape index (κ3) is 4.04. The molecule has 3 rings (SSSR count). The lowest BCUT2D eigenvalue weighted by Crippen LogP contribution is -2.60. The molecular formula is C21H29N3O4S. The Hall–Kier alpha value is -1.95. The van der Waals surface area contributed by atoms with Crippen LogP contribution in [0, 0.1) is 11.3 Å². The maximum Gasteiger partial charge on any atom is 0.255 e. The first-order valence-electron chi connectivity index (χ1n) is 10.3. The first-order valence-corrected chi connectivity index (χ1v) is 11.8. The predicted molar refractivity (Wildman–Crippen MR) is 109 cm³/mol. The van der Waals surface area contributed by atoms with Crippen LogP contribution in [0.2, 0.25) is 0 Å². The van der Waals surface area contributed by atoms with Crippen LogP contribution in [0.4, 0.5) is 0 Å². The van der Waals surface area contributed by atoms with Gasteiger partial charge in [0.25, 0.3) is 5.91 Å². The van der Waals surface area contributed by atoms with Crippen LogP contribution in [0.3, 0.4) is 0 Å². The van der Waals surface area contributed by atoms with Gasteiger partial charge in [-0.15, -0.1) is 0 Å². The second-order valence-electron chi connectivity index (χ2n) is 7.62. The first kappa shape index (κ1) is 21.8. The average Bonchev–Trinajstić information content (AvgIpc) is 2.74. The monoisotopic (exact) mass is 419 g/mol. The van der Waals surface area contributed by atoms with E-state index in [-0.39, 0.29) is 16.4 Å². The second kappa shape index (κ2) is 8.82. The molecule has 0 unspecified atom stereocenters. The Morgan fingerprint density at radius 3 is 2.62 bits per heavy atom. The minimum Gasteiger partial charge on any atom is -0.372 e. The molecule has 0 radical (unpaired) electrons. The Morgan fingerprint density at radius 2 is 2.00 bits per heavy atom. The molecule has 0 N–H and O–H groups in total. The highest BCUT2D eigenvalue weighted by Crippen LogP contribution is 2.39. The Labute approximate surface area is 173 Å².